The molecular formula is C19H22N2O3. The molecule has 0 aliphatic carbocycles. The Kier molecular flexibility index (Phi) is 4.99. The van der Waals surface area contributed by atoms with Crippen molar-refractivity contribution in [2.24, 2.45) is 5.92 Å². The predicted octanol–water partition coefficient (Wildman–Crippen LogP) is 3.37. The van der Waals surface area contributed by atoms with E-state index in [1.165, 1.54) is 0 Å². The normalized spacial score (nSPS) is 14.8. The number of nitrogens with one attached hydrogen (secondary N) is 1. The van der Waals surface area contributed by atoms with E-state index in [2.05, 4.69) is 24.1 Å². The molecule has 0 saturated carbocycles. The number of carbonyl (C=O) groups is 1. The summed E-state index contributed by atoms with van der Waals surface area (Å²) in [6.07, 6.45) is 2.49. The Morgan fingerprint density at radius 3 is 2.62 bits per heavy atom. The number of benzene rings is 1. The van der Waals surface area contributed by atoms with Crippen LogP contribution in [0.2, 0.25) is 0 Å². The molecule has 1 aromatic heterocycles. The topological polar surface area (TPSA) is 60.5 Å². The van der Waals surface area contributed by atoms with E-state index >= 15 is 0 Å². The molecule has 5 heteroatoms. The van der Waals surface area contributed by atoms with Crippen molar-refractivity contribution < 1.29 is 14.3 Å². The Bertz CT molecular complexity index is 701. The second kappa shape index (κ2) is 7.34. The maximum absolute atomic E-state index is 12.4. The average Bonchev–Trinajstić information content (AvgIpc) is 2.84. The Labute approximate surface area is 142 Å². The van der Waals surface area contributed by atoms with Crippen molar-refractivity contribution in [1.29, 1.82) is 0 Å². The second-order valence-electron chi connectivity index (χ2n) is 6.17. The van der Waals surface area contributed by atoms with Gasteiger partial charge in [-0.3, -0.25) is 9.78 Å². The lowest BCUT2D eigenvalue weighted by atomic mass is 9.95. The first kappa shape index (κ1) is 16.3. The van der Waals surface area contributed by atoms with E-state index in [1.54, 1.807) is 24.4 Å². The van der Waals surface area contributed by atoms with Crippen LogP contribution < -0.4 is 14.8 Å². The molecule has 2 heterocycles. The number of pyridine rings is 1. The van der Waals surface area contributed by atoms with Crippen molar-refractivity contribution in [3.8, 4) is 11.5 Å². The van der Waals surface area contributed by atoms with Crippen LogP contribution >= 0.6 is 0 Å². The maximum atomic E-state index is 12.4. The smallest absolute Gasteiger partial charge is 0.270 e. The summed E-state index contributed by atoms with van der Waals surface area (Å²) in [4.78, 5) is 16.6. The van der Waals surface area contributed by atoms with Crippen LogP contribution in [0, 0.1) is 5.92 Å². The molecule has 1 atom stereocenters. The van der Waals surface area contributed by atoms with Crippen LogP contribution in [0.3, 0.4) is 0 Å². The van der Waals surface area contributed by atoms with Gasteiger partial charge in [-0.2, -0.15) is 0 Å². The van der Waals surface area contributed by atoms with Crippen LogP contribution in [0.25, 0.3) is 0 Å². The summed E-state index contributed by atoms with van der Waals surface area (Å²) in [7, 11) is 0. The summed E-state index contributed by atoms with van der Waals surface area (Å²) in [6.45, 7) is 5.46. The van der Waals surface area contributed by atoms with Gasteiger partial charge in [-0.05, 0) is 35.7 Å². The van der Waals surface area contributed by atoms with E-state index in [1.807, 2.05) is 18.2 Å². The first-order chi connectivity index (χ1) is 11.6. The number of nitrogens with zero attached hydrogens (tertiary/aromatic N) is 1. The fourth-order valence-corrected chi connectivity index (χ4v) is 2.72. The van der Waals surface area contributed by atoms with Crippen LogP contribution in [0.5, 0.6) is 11.5 Å². The lowest BCUT2D eigenvalue weighted by Gasteiger charge is -2.23. The zero-order valence-electron chi connectivity index (χ0n) is 14.0. The summed E-state index contributed by atoms with van der Waals surface area (Å²) in [5, 5.41) is 3.07. The Balaban J connectivity index is 1.83. The number of rotatable bonds is 4. The van der Waals surface area contributed by atoms with Gasteiger partial charge in [0.1, 0.15) is 5.69 Å². The minimum atomic E-state index is -0.179. The summed E-state index contributed by atoms with van der Waals surface area (Å²) < 4.78 is 11.4. The first-order valence-electron chi connectivity index (χ1n) is 8.26. The van der Waals surface area contributed by atoms with Crippen LogP contribution in [-0.4, -0.2) is 24.1 Å². The van der Waals surface area contributed by atoms with Gasteiger partial charge in [0, 0.05) is 12.6 Å². The van der Waals surface area contributed by atoms with Crippen molar-refractivity contribution in [3.05, 3.63) is 53.9 Å². The van der Waals surface area contributed by atoms with Gasteiger partial charge in [-0.25, -0.2) is 0 Å². The number of amides is 1. The van der Waals surface area contributed by atoms with Crippen molar-refractivity contribution >= 4 is 5.91 Å². The summed E-state index contributed by atoms with van der Waals surface area (Å²) in [5.74, 6) is 1.54. The second-order valence-corrected chi connectivity index (χ2v) is 6.17. The third kappa shape index (κ3) is 3.67. The van der Waals surface area contributed by atoms with Crippen molar-refractivity contribution in [3.63, 3.8) is 0 Å². The third-order valence-corrected chi connectivity index (χ3v) is 3.98. The number of carbonyl (C=O) groups excluding carboxylic acids is 1. The van der Waals surface area contributed by atoms with Crippen molar-refractivity contribution in [2.45, 2.75) is 26.3 Å². The quantitative estimate of drug-likeness (QED) is 0.936. The zero-order chi connectivity index (χ0) is 16.9. The predicted molar refractivity (Wildman–Crippen MR) is 91.3 cm³/mol. The van der Waals surface area contributed by atoms with Crippen molar-refractivity contribution in [1.82, 2.24) is 10.3 Å². The number of hydrogen-bond acceptors (Lipinski definition) is 4. The van der Waals surface area contributed by atoms with Crippen molar-refractivity contribution in [2.75, 3.05) is 13.2 Å². The molecule has 0 bridgehead atoms. The SMILES string of the molecule is CC(C)[C@@H](NC(=O)c1ccccn1)c1ccc2c(c1)OCCCO2. The fraction of sp³-hybridized carbons (Fsp3) is 0.368. The Hall–Kier alpha value is -2.56. The maximum Gasteiger partial charge on any atom is 0.270 e. The van der Waals surface area contributed by atoms with E-state index in [0.717, 1.165) is 23.5 Å². The number of hydrogen-bond donors (Lipinski definition) is 1. The van der Waals surface area contributed by atoms with Gasteiger partial charge in [0.2, 0.25) is 0 Å². The van der Waals surface area contributed by atoms with Gasteiger partial charge < -0.3 is 14.8 Å². The van der Waals surface area contributed by atoms with Gasteiger partial charge in [0.05, 0.1) is 19.3 Å². The number of fused-ring (bicyclic) bond motifs is 1. The van der Waals surface area contributed by atoms with Crippen LogP contribution in [-0.2, 0) is 0 Å². The molecule has 0 fully saturated rings. The fourth-order valence-electron chi connectivity index (χ4n) is 2.72. The molecule has 1 aliphatic heterocycles. The number of aromatic nitrogens is 1. The molecule has 0 spiro atoms. The van der Waals surface area contributed by atoms with E-state index in [9.17, 15) is 4.79 Å². The molecule has 2 aromatic rings. The summed E-state index contributed by atoms with van der Waals surface area (Å²) in [5.41, 5.74) is 1.41. The molecule has 0 unspecified atom stereocenters. The van der Waals surface area contributed by atoms with Gasteiger partial charge in [-0.1, -0.05) is 26.0 Å². The van der Waals surface area contributed by atoms with E-state index in [4.69, 9.17) is 9.47 Å². The molecule has 0 radical (unpaired) electrons. The molecule has 24 heavy (non-hydrogen) atoms. The Morgan fingerprint density at radius 1 is 1.12 bits per heavy atom. The molecule has 5 nitrogen and oxygen atoms in total. The highest BCUT2D eigenvalue weighted by molar-refractivity contribution is 5.92. The average molecular weight is 326 g/mol. The summed E-state index contributed by atoms with van der Waals surface area (Å²) in [6, 6.07) is 11.0. The highest BCUT2D eigenvalue weighted by Gasteiger charge is 2.22. The van der Waals surface area contributed by atoms with Crippen LogP contribution in [0.1, 0.15) is 42.4 Å². The monoisotopic (exact) mass is 326 g/mol. The lowest BCUT2D eigenvalue weighted by Crippen LogP contribution is -2.32. The van der Waals surface area contributed by atoms with E-state index < -0.39 is 0 Å². The number of ether oxygens (including phenoxy) is 2. The first-order valence-corrected chi connectivity index (χ1v) is 8.26. The zero-order valence-corrected chi connectivity index (χ0v) is 14.0. The van der Waals surface area contributed by atoms with Gasteiger partial charge in [0.25, 0.3) is 5.91 Å². The molecule has 126 valence electrons. The standard InChI is InChI=1S/C19H22N2O3/c1-13(2)18(21-19(22)15-6-3-4-9-20-15)14-7-8-16-17(12-14)24-11-5-10-23-16/h3-4,6-9,12-13,18H,5,10-11H2,1-2H3,(H,21,22)/t18-/m1/s1. The van der Waals surface area contributed by atoms with Crippen LogP contribution in [0.4, 0.5) is 0 Å². The van der Waals surface area contributed by atoms with Gasteiger partial charge in [0.15, 0.2) is 11.5 Å². The third-order valence-electron chi connectivity index (χ3n) is 3.98. The molecule has 1 aromatic carbocycles. The molecule has 3 rings (SSSR count). The molecule has 0 saturated heterocycles. The van der Waals surface area contributed by atoms with Gasteiger partial charge >= 0.3 is 0 Å². The minimum Gasteiger partial charge on any atom is -0.490 e. The highest BCUT2D eigenvalue weighted by atomic mass is 16.5. The Morgan fingerprint density at radius 2 is 1.92 bits per heavy atom. The highest BCUT2D eigenvalue weighted by Crippen LogP contribution is 2.34. The minimum absolute atomic E-state index is 0.128. The van der Waals surface area contributed by atoms with E-state index in [-0.39, 0.29) is 17.9 Å². The molecule has 1 amide bonds. The summed E-state index contributed by atoms with van der Waals surface area (Å²) >= 11 is 0. The molecule has 1 aliphatic rings. The van der Waals surface area contributed by atoms with Crippen LogP contribution in [0.15, 0.2) is 42.6 Å². The van der Waals surface area contributed by atoms with Gasteiger partial charge in [-0.15, -0.1) is 0 Å². The largest absolute Gasteiger partial charge is 0.490 e. The van der Waals surface area contributed by atoms with E-state index in [0.29, 0.717) is 18.9 Å². The molecule has 1 N–H and O–H groups in total. The molecular weight excluding hydrogens is 304 g/mol. The lowest BCUT2D eigenvalue weighted by molar-refractivity contribution is 0.0920.